The third-order valence-corrected chi connectivity index (χ3v) is 5.00. The first-order chi connectivity index (χ1) is 12.6. The summed E-state index contributed by atoms with van der Waals surface area (Å²) in [5, 5.41) is 12.2. The van der Waals surface area contributed by atoms with Gasteiger partial charge in [-0.3, -0.25) is 0 Å². The second kappa shape index (κ2) is 8.31. The van der Waals surface area contributed by atoms with Crippen LogP contribution in [-0.4, -0.2) is 30.6 Å². The summed E-state index contributed by atoms with van der Waals surface area (Å²) in [6.07, 6.45) is 0.858. The van der Waals surface area contributed by atoms with E-state index in [2.05, 4.69) is 43.3 Å². The molecule has 0 saturated carbocycles. The Hall–Kier alpha value is -2.42. The Bertz CT molecular complexity index is 745. The second-order valence-electron chi connectivity index (χ2n) is 7.05. The van der Waals surface area contributed by atoms with E-state index >= 15 is 0 Å². The van der Waals surface area contributed by atoms with Gasteiger partial charge in [-0.2, -0.15) is 0 Å². The van der Waals surface area contributed by atoms with Crippen molar-refractivity contribution in [3.63, 3.8) is 0 Å². The molecule has 134 valence electrons. The van der Waals surface area contributed by atoms with Crippen molar-refractivity contribution in [1.82, 2.24) is 4.90 Å². The fourth-order valence-electron chi connectivity index (χ4n) is 3.64. The van der Waals surface area contributed by atoms with Crippen molar-refractivity contribution in [1.29, 1.82) is 0 Å². The quantitative estimate of drug-likeness (QED) is 0.673. The van der Waals surface area contributed by atoms with E-state index in [-0.39, 0.29) is 5.92 Å². The maximum atomic E-state index is 12.2. The van der Waals surface area contributed by atoms with Crippen molar-refractivity contribution in [2.45, 2.75) is 17.9 Å². The van der Waals surface area contributed by atoms with Crippen molar-refractivity contribution >= 4 is 0 Å². The van der Waals surface area contributed by atoms with E-state index in [1.807, 2.05) is 66.7 Å². The summed E-state index contributed by atoms with van der Waals surface area (Å²) in [6, 6.07) is 30.4. The molecular formula is C24H27NO. The van der Waals surface area contributed by atoms with E-state index in [9.17, 15) is 5.11 Å². The predicted octanol–water partition coefficient (Wildman–Crippen LogP) is 4.66. The van der Waals surface area contributed by atoms with E-state index in [1.54, 1.807) is 0 Å². The van der Waals surface area contributed by atoms with Gasteiger partial charge in [-0.25, -0.2) is 0 Å². The fraction of sp³-hybridized carbons (Fsp3) is 0.250. The van der Waals surface area contributed by atoms with Crippen LogP contribution >= 0.6 is 0 Å². The summed E-state index contributed by atoms with van der Waals surface area (Å²) in [5.74, 6) is -0.0455. The highest BCUT2D eigenvalue weighted by Gasteiger charge is 2.40. The Morgan fingerprint density at radius 2 is 1.15 bits per heavy atom. The van der Waals surface area contributed by atoms with Crippen LogP contribution in [0.3, 0.4) is 0 Å². The van der Waals surface area contributed by atoms with Crippen molar-refractivity contribution < 1.29 is 5.11 Å². The number of rotatable bonds is 7. The molecule has 2 heteroatoms. The minimum absolute atomic E-state index is 0.0455. The Balaban J connectivity index is 2.16. The highest BCUT2D eigenvalue weighted by atomic mass is 16.3. The van der Waals surface area contributed by atoms with E-state index in [0.717, 1.165) is 29.7 Å². The summed E-state index contributed by atoms with van der Waals surface area (Å²) in [6.45, 7) is 0.904. The number of hydrogen-bond acceptors (Lipinski definition) is 2. The predicted molar refractivity (Wildman–Crippen MR) is 108 cm³/mol. The Labute approximate surface area is 156 Å². The summed E-state index contributed by atoms with van der Waals surface area (Å²) in [7, 11) is 4.15. The molecule has 26 heavy (non-hydrogen) atoms. The molecule has 0 aliphatic carbocycles. The molecule has 1 N–H and O–H groups in total. The van der Waals surface area contributed by atoms with Crippen LogP contribution in [0.2, 0.25) is 0 Å². The molecule has 0 radical (unpaired) electrons. The molecule has 0 amide bonds. The highest BCUT2D eigenvalue weighted by molar-refractivity contribution is 5.41. The Kier molecular flexibility index (Phi) is 5.87. The molecule has 2 nitrogen and oxygen atoms in total. The topological polar surface area (TPSA) is 23.5 Å². The van der Waals surface area contributed by atoms with Gasteiger partial charge in [0.15, 0.2) is 0 Å². The highest BCUT2D eigenvalue weighted by Crippen LogP contribution is 2.44. The van der Waals surface area contributed by atoms with Gasteiger partial charge in [-0.15, -0.1) is 0 Å². The van der Waals surface area contributed by atoms with Crippen LogP contribution in [0.15, 0.2) is 91.0 Å². The third-order valence-electron chi connectivity index (χ3n) is 5.00. The van der Waals surface area contributed by atoms with Crippen LogP contribution in [-0.2, 0) is 5.60 Å². The minimum atomic E-state index is -1.08. The van der Waals surface area contributed by atoms with Gasteiger partial charge in [0.1, 0.15) is 5.60 Å². The Morgan fingerprint density at radius 3 is 1.58 bits per heavy atom. The maximum Gasteiger partial charge on any atom is 0.121 e. The van der Waals surface area contributed by atoms with Crippen molar-refractivity contribution in [3.8, 4) is 0 Å². The van der Waals surface area contributed by atoms with Crippen molar-refractivity contribution in [3.05, 3.63) is 108 Å². The minimum Gasteiger partial charge on any atom is -0.380 e. The number of hydrogen-bond donors (Lipinski definition) is 1. The summed E-state index contributed by atoms with van der Waals surface area (Å²) in [4.78, 5) is 2.17. The molecule has 1 atom stereocenters. The van der Waals surface area contributed by atoms with Crippen molar-refractivity contribution in [2.75, 3.05) is 20.6 Å². The number of benzene rings is 3. The molecule has 0 aromatic heterocycles. The lowest BCUT2D eigenvalue weighted by Crippen LogP contribution is -2.36. The fourth-order valence-corrected chi connectivity index (χ4v) is 3.64. The van der Waals surface area contributed by atoms with E-state index in [0.29, 0.717) is 0 Å². The van der Waals surface area contributed by atoms with Gasteiger partial charge in [0.25, 0.3) is 0 Å². The van der Waals surface area contributed by atoms with Crippen LogP contribution in [0, 0.1) is 0 Å². The third kappa shape index (κ3) is 3.87. The zero-order valence-electron chi connectivity index (χ0n) is 15.5. The maximum absolute atomic E-state index is 12.2. The Morgan fingerprint density at radius 1 is 0.731 bits per heavy atom. The molecule has 0 fully saturated rings. The second-order valence-corrected chi connectivity index (χ2v) is 7.05. The molecule has 0 aliphatic rings. The molecule has 0 spiro atoms. The van der Waals surface area contributed by atoms with Gasteiger partial charge in [0.05, 0.1) is 0 Å². The first kappa shape index (κ1) is 18.4. The van der Waals surface area contributed by atoms with E-state index < -0.39 is 5.60 Å². The summed E-state index contributed by atoms with van der Waals surface area (Å²) >= 11 is 0. The molecule has 0 saturated heterocycles. The van der Waals surface area contributed by atoms with Gasteiger partial charge < -0.3 is 10.0 Å². The van der Waals surface area contributed by atoms with Gasteiger partial charge in [0.2, 0.25) is 0 Å². The normalized spacial score (nSPS) is 12.9. The van der Waals surface area contributed by atoms with Gasteiger partial charge in [0, 0.05) is 5.92 Å². The average Bonchev–Trinajstić information content (AvgIpc) is 2.70. The molecule has 1 unspecified atom stereocenters. The first-order valence-electron chi connectivity index (χ1n) is 9.15. The standard InChI is InChI=1S/C24H27NO/c1-25(2)19-18-23(20-12-6-3-7-13-20)24(26,21-14-8-4-9-15-21)22-16-10-5-11-17-22/h3-17,23,26H,18-19H2,1-2H3. The average molecular weight is 345 g/mol. The van der Waals surface area contributed by atoms with Crippen LogP contribution in [0.1, 0.15) is 29.0 Å². The summed E-state index contributed by atoms with van der Waals surface area (Å²) < 4.78 is 0. The largest absolute Gasteiger partial charge is 0.380 e. The zero-order chi connectivity index (χ0) is 18.4. The first-order valence-corrected chi connectivity index (χ1v) is 9.15. The molecule has 3 rings (SSSR count). The van der Waals surface area contributed by atoms with Crippen LogP contribution in [0.4, 0.5) is 0 Å². The number of nitrogens with zero attached hydrogens (tertiary/aromatic N) is 1. The van der Waals surface area contributed by atoms with Crippen LogP contribution < -0.4 is 0 Å². The molecule has 0 bridgehead atoms. The van der Waals surface area contributed by atoms with Gasteiger partial charge in [-0.05, 0) is 43.8 Å². The van der Waals surface area contributed by atoms with Crippen molar-refractivity contribution in [2.24, 2.45) is 0 Å². The smallest absolute Gasteiger partial charge is 0.121 e. The van der Waals surface area contributed by atoms with E-state index in [4.69, 9.17) is 0 Å². The van der Waals surface area contributed by atoms with Crippen LogP contribution in [0.5, 0.6) is 0 Å². The molecular weight excluding hydrogens is 318 g/mol. The molecule has 0 heterocycles. The molecule has 3 aromatic rings. The number of aliphatic hydroxyl groups is 1. The molecule has 0 aliphatic heterocycles. The van der Waals surface area contributed by atoms with Gasteiger partial charge in [-0.1, -0.05) is 91.0 Å². The van der Waals surface area contributed by atoms with E-state index in [1.165, 1.54) is 0 Å². The lowest BCUT2D eigenvalue weighted by Gasteiger charge is -2.38. The molecule has 3 aromatic carbocycles. The lowest BCUT2D eigenvalue weighted by atomic mass is 9.71. The SMILES string of the molecule is CN(C)CCC(c1ccccc1)C(O)(c1ccccc1)c1ccccc1. The monoisotopic (exact) mass is 345 g/mol. The lowest BCUT2D eigenvalue weighted by molar-refractivity contribution is 0.0435. The summed E-state index contributed by atoms with van der Waals surface area (Å²) in [5.41, 5.74) is 1.93. The van der Waals surface area contributed by atoms with Crippen LogP contribution in [0.25, 0.3) is 0 Å². The zero-order valence-corrected chi connectivity index (χ0v) is 15.5. The van der Waals surface area contributed by atoms with Gasteiger partial charge >= 0.3 is 0 Å².